The molecule has 0 aliphatic carbocycles. The Labute approximate surface area is 190 Å². The number of aliphatic hydroxyl groups is 1. The highest BCUT2D eigenvalue weighted by Gasteiger charge is 2.18. The molecular weight excluding hydrogens is 429 g/mol. The minimum atomic E-state index is -1.18. The predicted octanol–water partition coefficient (Wildman–Crippen LogP) is 4.52. The lowest BCUT2D eigenvalue weighted by Gasteiger charge is -2.17. The first-order valence-corrected chi connectivity index (χ1v) is 10.2. The molecule has 3 rings (SSSR count). The number of phenolic OH excluding ortho intramolecular Hbond substituents is 1. The summed E-state index contributed by atoms with van der Waals surface area (Å²) < 4.78 is 23.9. The SMILES string of the molecule is CCOC(=O)C(=O)Nc1cc(C)c(Oc2ccc(O)c(C(O)c3ccc(F)cc3)c2)c(C)c1. The van der Waals surface area contributed by atoms with Gasteiger partial charge in [-0.2, -0.15) is 0 Å². The highest BCUT2D eigenvalue weighted by Crippen LogP contribution is 2.36. The van der Waals surface area contributed by atoms with Crippen LogP contribution in [-0.4, -0.2) is 28.7 Å². The summed E-state index contributed by atoms with van der Waals surface area (Å²) in [6, 6.07) is 13.1. The van der Waals surface area contributed by atoms with Crippen molar-refractivity contribution in [3.8, 4) is 17.2 Å². The number of phenols is 1. The van der Waals surface area contributed by atoms with Crippen molar-refractivity contribution in [1.82, 2.24) is 0 Å². The third-order valence-corrected chi connectivity index (χ3v) is 4.88. The summed E-state index contributed by atoms with van der Waals surface area (Å²) in [5, 5.41) is 23.4. The summed E-state index contributed by atoms with van der Waals surface area (Å²) in [5.74, 6) is -1.54. The predicted molar refractivity (Wildman–Crippen MR) is 120 cm³/mol. The van der Waals surface area contributed by atoms with Crippen molar-refractivity contribution >= 4 is 17.6 Å². The fraction of sp³-hybridized carbons (Fsp3) is 0.200. The lowest BCUT2D eigenvalue weighted by molar-refractivity contribution is -0.152. The Morgan fingerprint density at radius 3 is 2.27 bits per heavy atom. The maximum absolute atomic E-state index is 13.2. The molecule has 1 amide bonds. The third-order valence-electron chi connectivity index (χ3n) is 4.88. The number of esters is 1. The number of nitrogens with one attached hydrogen (secondary N) is 1. The van der Waals surface area contributed by atoms with Crippen molar-refractivity contribution < 1.29 is 33.7 Å². The van der Waals surface area contributed by atoms with E-state index in [0.717, 1.165) is 0 Å². The van der Waals surface area contributed by atoms with Gasteiger partial charge >= 0.3 is 11.9 Å². The summed E-state index contributed by atoms with van der Waals surface area (Å²) in [4.78, 5) is 23.4. The van der Waals surface area contributed by atoms with Gasteiger partial charge in [0.05, 0.1) is 6.61 Å². The molecule has 1 atom stereocenters. The number of hydrogen-bond donors (Lipinski definition) is 3. The normalized spacial score (nSPS) is 11.5. The molecule has 33 heavy (non-hydrogen) atoms. The minimum absolute atomic E-state index is 0.0988. The molecule has 8 heteroatoms. The summed E-state index contributed by atoms with van der Waals surface area (Å²) in [7, 11) is 0. The van der Waals surface area contributed by atoms with E-state index in [2.05, 4.69) is 10.1 Å². The molecular formula is C25H24FNO6. The first-order chi connectivity index (χ1) is 15.7. The second-order valence-corrected chi connectivity index (χ2v) is 7.39. The van der Waals surface area contributed by atoms with Gasteiger partial charge in [-0.3, -0.25) is 4.79 Å². The fourth-order valence-corrected chi connectivity index (χ4v) is 3.32. The van der Waals surface area contributed by atoms with Crippen molar-refractivity contribution in [3.05, 3.63) is 82.7 Å². The summed E-state index contributed by atoms with van der Waals surface area (Å²) in [6.45, 7) is 5.26. The van der Waals surface area contributed by atoms with Crippen molar-refractivity contribution in [2.75, 3.05) is 11.9 Å². The quantitative estimate of drug-likeness (QED) is 0.374. The number of amides is 1. The second-order valence-electron chi connectivity index (χ2n) is 7.39. The number of carbonyl (C=O) groups excluding carboxylic acids is 2. The number of ether oxygens (including phenoxy) is 2. The van der Waals surface area contributed by atoms with Crippen molar-refractivity contribution in [2.45, 2.75) is 26.9 Å². The molecule has 7 nitrogen and oxygen atoms in total. The van der Waals surface area contributed by atoms with Gasteiger partial charge in [-0.15, -0.1) is 0 Å². The van der Waals surface area contributed by atoms with Gasteiger partial charge < -0.3 is 25.0 Å². The Bertz CT molecular complexity index is 1150. The zero-order valence-electron chi connectivity index (χ0n) is 18.4. The number of aryl methyl sites for hydroxylation is 2. The molecule has 0 aromatic heterocycles. The van der Waals surface area contributed by atoms with Crippen molar-refractivity contribution in [1.29, 1.82) is 0 Å². The molecule has 0 radical (unpaired) electrons. The molecule has 0 spiro atoms. The molecule has 1 unspecified atom stereocenters. The molecule has 0 saturated carbocycles. The van der Waals surface area contributed by atoms with E-state index in [9.17, 15) is 24.2 Å². The monoisotopic (exact) mass is 453 g/mol. The third kappa shape index (κ3) is 5.67. The van der Waals surface area contributed by atoms with E-state index < -0.39 is 23.8 Å². The summed E-state index contributed by atoms with van der Waals surface area (Å²) in [6.07, 6.45) is -1.18. The molecule has 3 aromatic carbocycles. The average molecular weight is 453 g/mol. The van der Waals surface area contributed by atoms with Gasteiger partial charge in [-0.1, -0.05) is 12.1 Å². The van der Waals surface area contributed by atoms with Gasteiger partial charge in [0.25, 0.3) is 0 Å². The van der Waals surface area contributed by atoms with Gasteiger partial charge in [0.1, 0.15) is 29.2 Å². The Morgan fingerprint density at radius 2 is 1.67 bits per heavy atom. The first-order valence-electron chi connectivity index (χ1n) is 10.2. The number of hydrogen-bond acceptors (Lipinski definition) is 6. The largest absolute Gasteiger partial charge is 0.508 e. The van der Waals surface area contributed by atoms with Gasteiger partial charge in [0.2, 0.25) is 0 Å². The number of rotatable bonds is 6. The van der Waals surface area contributed by atoms with Crippen LogP contribution in [0, 0.1) is 19.7 Å². The van der Waals surface area contributed by atoms with E-state index in [0.29, 0.717) is 33.9 Å². The van der Waals surface area contributed by atoms with Crippen LogP contribution in [0.4, 0.5) is 10.1 Å². The molecule has 3 N–H and O–H groups in total. The molecule has 0 aliphatic rings. The Balaban J connectivity index is 1.83. The van der Waals surface area contributed by atoms with Crippen LogP contribution in [-0.2, 0) is 14.3 Å². The maximum atomic E-state index is 13.2. The van der Waals surface area contributed by atoms with E-state index in [4.69, 9.17) is 4.74 Å². The summed E-state index contributed by atoms with van der Waals surface area (Å²) >= 11 is 0. The molecule has 172 valence electrons. The van der Waals surface area contributed by atoms with Crippen LogP contribution in [0.2, 0.25) is 0 Å². The standard InChI is InChI=1S/C25H24FNO6/c1-4-32-25(31)24(30)27-18-11-14(2)23(15(3)12-18)33-19-9-10-21(28)20(13-19)22(29)16-5-7-17(26)8-6-16/h5-13,22,28-29H,4H2,1-3H3,(H,27,30). The fourth-order valence-electron chi connectivity index (χ4n) is 3.32. The Kier molecular flexibility index (Phi) is 7.30. The number of aliphatic hydroxyl groups excluding tert-OH is 1. The number of anilines is 1. The minimum Gasteiger partial charge on any atom is -0.508 e. The van der Waals surface area contributed by atoms with Gasteiger partial charge in [0, 0.05) is 11.3 Å². The molecule has 0 fully saturated rings. The molecule has 0 heterocycles. The average Bonchev–Trinajstić information content (AvgIpc) is 2.77. The number of halogens is 1. The van der Waals surface area contributed by atoms with E-state index in [1.54, 1.807) is 39.0 Å². The molecule has 0 bridgehead atoms. The van der Waals surface area contributed by atoms with Crippen molar-refractivity contribution in [2.24, 2.45) is 0 Å². The van der Waals surface area contributed by atoms with E-state index in [1.165, 1.54) is 36.4 Å². The molecule has 3 aromatic rings. The summed E-state index contributed by atoms with van der Waals surface area (Å²) in [5.41, 5.74) is 2.39. The number of carbonyl (C=O) groups is 2. The molecule has 0 aliphatic heterocycles. The van der Waals surface area contributed by atoms with Crippen molar-refractivity contribution in [3.63, 3.8) is 0 Å². The lowest BCUT2D eigenvalue weighted by atomic mass is 10.0. The van der Waals surface area contributed by atoms with Crippen LogP contribution in [0.1, 0.15) is 35.3 Å². The van der Waals surface area contributed by atoms with Crippen LogP contribution >= 0.6 is 0 Å². The van der Waals surface area contributed by atoms with Crippen LogP contribution in [0.25, 0.3) is 0 Å². The zero-order chi connectivity index (χ0) is 24.1. The Hall–Kier alpha value is -3.91. The van der Waals surface area contributed by atoms with E-state index in [1.807, 2.05) is 0 Å². The van der Waals surface area contributed by atoms with Crippen LogP contribution in [0.5, 0.6) is 17.2 Å². The van der Waals surface area contributed by atoms with Crippen LogP contribution in [0.3, 0.4) is 0 Å². The highest BCUT2D eigenvalue weighted by atomic mass is 19.1. The lowest BCUT2D eigenvalue weighted by Crippen LogP contribution is -2.25. The molecule has 0 saturated heterocycles. The topological polar surface area (TPSA) is 105 Å². The zero-order valence-corrected chi connectivity index (χ0v) is 18.4. The number of benzene rings is 3. The highest BCUT2D eigenvalue weighted by molar-refractivity contribution is 6.37. The smallest absolute Gasteiger partial charge is 0.397 e. The Morgan fingerprint density at radius 1 is 1.03 bits per heavy atom. The van der Waals surface area contributed by atoms with E-state index >= 15 is 0 Å². The van der Waals surface area contributed by atoms with E-state index in [-0.39, 0.29) is 17.9 Å². The second kappa shape index (κ2) is 10.1. The number of aromatic hydroxyl groups is 1. The van der Waals surface area contributed by atoms with Gasteiger partial charge in [0.15, 0.2) is 0 Å². The van der Waals surface area contributed by atoms with Crippen LogP contribution < -0.4 is 10.1 Å². The maximum Gasteiger partial charge on any atom is 0.397 e. The van der Waals surface area contributed by atoms with Gasteiger partial charge in [-0.05, 0) is 79.9 Å². The van der Waals surface area contributed by atoms with Crippen LogP contribution in [0.15, 0.2) is 54.6 Å². The van der Waals surface area contributed by atoms with Gasteiger partial charge in [-0.25, -0.2) is 9.18 Å². The first kappa shape index (κ1) is 23.7.